The average molecular weight is 255 g/mol. The number of primary amides is 2. The third-order valence-corrected chi connectivity index (χ3v) is 2.63. The number of anilines is 2. The van der Waals surface area contributed by atoms with Gasteiger partial charge in [0.1, 0.15) is 0 Å². The van der Waals surface area contributed by atoms with E-state index in [1.54, 1.807) is 48.5 Å². The highest BCUT2D eigenvalue weighted by Crippen LogP contribution is 2.17. The first-order valence-electron chi connectivity index (χ1n) is 5.63. The molecule has 0 saturated carbocycles. The maximum atomic E-state index is 10.9. The molecule has 0 aliphatic rings. The van der Waals surface area contributed by atoms with Crippen molar-refractivity contribution in [2.24, 2.45) is 11.5 Å². The molecule has 19 heavy (non-hydrogen) atoms. The van der Waals surface area contributed by atoms with Gasteiger partial charge in [0, 0.05) is 22.5 Å². The molecule has 5 nitrogen and oxygen atoms in total. The van der Waals surface area contributed by atoms with Gasteiger partial charge in [-0.3, -0.25) is 9.59 Å². The number of nitrogens with two attached hydrogens (primary N) is 2. The van der Waals surface area contributed by atoms with Crippen molar-refractivity contribution in [1.82, 2.24) is 0 Å². The molecule has 0 aromatic heterocycles. The first-order chi connectivity index (χ1) is 9.06. The van der Waals surface area contributed by atoms with Crippen molar-refractivity contribution < 1.29 is 9.59 Å². The number of benzene rings is 2. The molecular formula is C14H13N3O2. The number of carbonyl (C=O) groups is 2. The fraction of sp³-hybridized carbons (Fsp3) is 0. The van der Waals surface area contributed by atoms with Crippen LogP contribution in [0.25, 0.3) is 0 Å². The minimum atomic E-state index is -0.461. The predicted molar refractivity (Wildman–Crippen MR) is 73.2 cm³/mol. The van der Waals surface area contributed by atoms with E-state index in [1.807, 2.05) is 0 Å². The SMILES string of the molecule is NC(=O)c1ccc(Nc2ccc(C(N)=O)cc2)cc1. The third-order valence-electron chi connectivity index (χ3n) is 2.63. The second-order valence-corrected chi connectivity index (χ2v) is 4.01. The predicted octanol–water partition coefficient (Wildman–Crippen LogP) is 1.63. The smallest absolute Gasteiger partial charge is 0.248 e. The first kappa shape index (κ1) is 12.6. The Morgan fingerprint density at radius 1 is 0.684 bits per heavy atom. The molecule has 5 heteroatoms. The number of amides is 2. The highest BCUT2D eigenvalue weighted by molar-refractivity contribution is 5.93. The van der Waals surface area contributed by atoms with Crippen molar-refractivity contribution in [3.63, 3.8) is 0 Å². The summed E-state index contributed by atoms with van der Waals surface area (Å²) in [6, 6.07) is 13.6. The Kier molecular flexibility index (Phi) is 3.47. The van der Waals surface area contributed by atoms with Crippen LogP contribution in [0, 0.1) is 0 Å². The van der Waals surface area contributed by atoms with E-state index < -0.39 is 11.8 Å². The highest BCUT2D eigenvalue weighted by atomic mass is 16.1. The molecule has 0 aliphatic heterocycles. The summed E-state index contributed by atoms with van der Waals surface area (Å²) in [5, 5.41) is 3.13. The van der Waals surface area contributed by atoms with Crippen molar-refractivity contribution in [3.05, 3.63) is 59.7 Å². The molecule has 0 heterocycles. The van der Waals surface area contributed by atoms with Crippen LogP contribution < -0.4 is 16.8 Å². The number of carbonyl (C=O) groups excluding carboxylic acids is 2. The summed E-state index contributed by atoms with van der Waals surface area (Å²) in [4.78, 5) is 21.9. The second-order valence-electron chi connectivity index (χ2n) is 4.01. The van der Waals surface area contributed by atoms with Gasteiger partial charge < -0.3 is 16.8 Å². The standard InChI is InChI=1S/C14H13N3O2/c15-13(18)9-1-5-11(6-2-9)17-12-7-3-10(4-8-12)14(16)19/h1-8,17H,(H2,15,18)(H2,16,19). The molecule has 0 atom stereocenters. The Morgan fingerprint density at radius 2 is 1.00 bits per heavy atom. The minimum absolute atomic E-state index is 0.453. The Bertz CT molecular complexity index is 548. The van der Waals surface area contributed by atoms with E-state index in [0.717, 1.165) is 11.4 Å². The molecule has 0 unspecified atom stereocenters. The van der Waals surface area contributed by atoms with E-state index in [-0.39, 0.29) is 0 Å². The van der Waals surface area contributed by atoms with Crippen molar-refractivity contribution in [2.75, 3.05) is 5.32 Å². The fourth-order valence-electron chi connectivity index (χ4n) is 1.60. The van der Waals surface area contributed by atoms with Crippen molar-refractivity contribution in [3.8, 4) is 0 Å². The van der Waals surface area contributed by atoms with E-state index in [1.165, 1.54) is 0 Å². The van der Waals surface area contributed by atoms with Gasteiger partial charge in [-0.2, -0.15) is 0 Å². The van der Waals surface area contributed by atoms with Gasteiger partial charge in [-0.1, -0.05) is 0 Å². The van der Waals surface area contributed by atoms with Gasteiger partial charge in [0.2, 0.25) is 11.8 Å². The minimum Gasteiger partial charge on any atom is -0.366 e. The summed E-state index contributed by atoms with van der Waals surface area (Å²) in [5.74, 6) is -0.922. The van der Waals surface area contributed by atoms with Crippen LogP contribution in [-0.2, 0) is 0 Å². The Labute approximate surface area is 110 Å². The van der Waals surface area contributed by atoms with Gasteiger partial charge in [-0.05, 0) is 48.5 Å². The molecular weight excluding hydrogens is 242 g/mol. The van der Waals surface area contributed by atoms with Gasteiger partial charge >= 0.3 is 0 Å². The highest BCUT2D eigenvalue weighted by Gasteiger charge is 2.01. The molecule has 96 valence electrons. The van der Waals surface area contributed by atoms with Crippen LogP contribution in [0.2, 0.25) is 0 Å². The normalized spacial score (nSPS) is 9.89. The third kappa shape index (κ3) is 3.10. The van der Waals surface area contributed by atoms with Gasteiger partial charge in [-0.15, -0.1) is 0 Å². The summed E-state index contributed by atoms with van der Waals surface area (Å²) in [6.45, 7) is 0. The van der Waals surface area contributed by atoms with Crippen LogP contribution in [0.3, 0.4) is 0 Å². The van der Waals surface area contributed by atoms with E-state index in [2.05, 4.69) is 5.32 Å². The lowest BCUT2D eigenvalue weighted by molar-refractivity contribution is 0.0992. The monoisotopic (exact) mass is 255 g/mol. The summed E-state index contributed by atoms with van der Waals surface area (Å²) < 4.78 is 0. The Hall–Kier alpha value is -2.82. The maximum Gasteiger partial charge on any atom is 0.248 e. The molecule has 2 aromatic carbocycles. The van der Waals surface area contributed by atoms with Crippen LogP contribution in [0.4, 0.5) is 11.4 Å². The molecule has 0 spiro atoms. The Balaban J connectivity index is 2.12. The molecule has 2 rings (SSSR count). The molecule has 0 fully saturated rings. The maximum absolute atomic E-state index is 10.9. The quantitative estimate of drug-likeness (QED) is 0.774. The lowest BCUT2D eigenvalue weighted by Crippen LogP contribution is -2.10. The number of nitrogens with one attached hydrogen (secondary N) is 1. The van der Waals surface area contributed by atoms with Crippen LogP contribution >= 0.6 is 0 Å². The van der Waals surface area contributed by atoms with Crippen LogP contribution in [0.1, 0.15) is 20.7 Å². The van der Waals surface area contributed by atoms with E-state index >= 15 is 0 Å². The summed E-state index contributed by atoms with van der Waals surface area (Å²) in [7, 11) is 0. The molecule has 0 aliphatic carbocycles. The molecule has 2 aromatic rings. The van der Waals surface area contributed by atoms with Crippen molar-refractivity contribution >= 4 is 23.2 Å². The number of rotatable bonds is 4. The van der Waals surface area contributed by atoms with E-state index in [9.17, 15) is 9.59 Å². The zero-order valence-electron chi connectivity index (χ0n) is 10.1. The average Bonchev–Trinajstić information content (AvgIpc) is 2.40. The first-order valence-corrected chi connectivity index (χ1v) is 5.63. The summed E-state index contributed by atoms with van der Waals surface area (Å²) >= 11 is 0. The molecule has 2 amide bonds. The number of hydrogen-bond acceptors (Lipinski definition) is 3. The van der Waals surface area contributed by atoms with Crippen LogP contribution in [-0.4, -0.2) is 11.8 Å². The summed E-state index contributed by atoms with van der Waals surface area (Å²) in [6.07, 6.45) is 0. The van der Waals surface area contributed by atoms with Gasteiger partial charge in [-0.25, -0.2) is 0 Å². The second kappa shape index (κ2) is 5.22. The topological polar surface area (TPSA) is 98.2 Å². The molecule has 5 N–H and O–H groups in total. The Morgan fingerprint density at radius 3 is 1.26 bits per heavy atom. The van der Waals surface area contributed by atoms with Gasteiger partial charge in [0.05, 0.1) is 0 Å². The molecule has 0 bridgehead atoms. The lowest BCUT2D eigenvalue weighted by atomic mass is 10.1. The fourth-order valence-corrected chi connectivity index (χ4v) is 1.60. The van der Waals surface area contributed by atoms with E-state index in [4.69, 9.17) is 11.5 Å². The van der Waals surface area contributed by atoms with Crippen molar-refractivity contribution in [2.45, 2.75) is 0 Å². The van der Waals surface area contributed by atoms with Crippen LogP contribution in [0.15, 0.2) is 48.5 Å². The van der Waals surface area contributed by atoms with E-state index in [0.29, 0.717) is 11.1 Å². The largest absolute Gasteiger partial charge is 0.366 e. The lowest BCUT2D eigenvalue weighted by Gasteiger charge is -2.07. The van der Waals surface area contributed by atoms with Gasteiger partial charge in [0.15, 0.2) is 0 Å². The zero-order chi connectivity index (χ0) is 13.8. The van der Waals surface area contributed by atoms with Gasteiger partial charge in [0.25, 0.3) is 0 Å². The molecule has 0 saturated heterocycles. The molecule has 0 radical (unpaired) electrons. The van der Waals surface area contributed by atoms with Crippen LogP contribution in [0.5, 0.6) is 0 Å². The number of hydrogen-bond donors (Lipinski definition) is 3. The summed E-state index contributed by atoms with van der Waals surface area (Å²) in [5.41, 5.74) is 12.9. The zero-order valence-corrected chi connectivity index (χ0v) is 10.1. The van der Waals surface area contributed by atoms with Crippen molar-refractivity contribution in [1.29, 1.82) is 0 Å².